The summed E-state index contributed by atoms with van der Waals surface area (Å²) in [4.78, 5) is 26.6. The minimum atomic E-state index is -1.17. The highest BCUT2D eigenvalue weighted by molar-refractivity contribution is 6.01. The molecule has 1 saturated heterocycles. The van der Waals surface area contributed by atoms with E-state index in [4.69, 9.17) is 14.2 Å². The van der Waals surface area contributed by atoms with E-state index in [9.17, 15) is 14.7 Å². The monoisotopic (exact) mass is 556 g/mol. The Morgan fingerprint density at radius 1 is 1.15 bits per heavy atom. The average molecular weight is 557 g/mol. The van der Waals surface area contributed by atoms with Crippen LogP contribution in [0.3, 0.4) is 0 Å². The van der Waals surface area contributed by atoms with Crippen molar-refractivity contribution in [1.82, 2.24) is 0 Å². The largest absolute Gasteiger partial charge is 0.486 e. The summed E-state index contributed by atoms with van der Waals surface area (Å²) in [6, 6.07) is 14.0. The number of carbonyl (C=O) groups is 2. The molecular formula is C35H40O6. The molecule has 1 N–H and O–H groups in total. The second-order valence-corrected chi connectivity index (χ2v) is 13.4. The van der Waals surface area contributed by atoms with Gasteiger partial charge in [-0.3, -0.25) is 9.59 Å². The molecule has 41 heavy (non-hydrogen) atoms. The van der Waals surface area contributed by atoms with Crippen molar-refractivity contribution >= 4 is 22.3 Å². The zero-order valence-electron chi connectivity index (χ0n) is 24.2. The maximum absolute atomic E-state index is 14.4. The van der Waals surface area contributed by atoms with Gasteiger partial charge in [-0.05, 0) is 79.0 Å². The summed E-state index contributed by atoms with van der Waals surface area (Å²) in [6.45, 7) is 6.30. The topological polar surface area (TPSA) is 82.1 Å². The summed E-state index contributed by atoms with van der Waals surface area (Å²) in [5.74, 6) is 0.901. The van der Waals surface area contributed by atoms with E-state index < -0.39 is 23.4 Å². The third-order valence-corrected chi connectivity index (χ3v) is 11.3. The molecule has 7 rings (SSSR count). The van der Waals surface area contributed by atoms with E-state index in [2.05, 4.69) is 26.8 Å². The number of ether oxygens (including phenoxy) is 3. The number of ketones is 2. The van der Waals surface area contributed by atoms with Gasteiger partial charge in [0, 0.05) is 16.7 Å². The van der Waals surface area contributed by atoms with Gasteiger partial charge in [0.15, 0.2) is 17.7 Å². The SMILES string of the molecule is CCCC1O[C@@H]2CC3C4CCC5=CC(=O)C=CC5(C)C4[C@@H](O)CC3(C)[C@]2(C(=O)COc2ccc3ccccc3c2)O1. The summed E-state index contributed by atoms with van der Waals surface area (Å²) < 4.78 is 19.4. The highest BCUT2D eigenvalue weighted by Gasteiger charge is 2.75. The Hall–Kier alpha value is -2.80. The van der Waals surface area contributed by atoms with Crippen molar-refractivity contribution in [3.63, 3.8) is 0 Å². The number of fused-ring (bicyclic) bond motifs is 8. The van der Waals surface area contributed by atoms with Crippen LogP contribution in [0.1, 0.15) is 59.3 Å². The molecule has 9 atom stereocenters. The molecule has 216 valence electrons. The fraction of sp³-hybridized carbons (Fsp3) is 0.543. The quantitative estimate of drug-likeness (QED) is 0.473. The third-order valence-electron chi connectivity index (χ3n) is 11.3. The Bertz CT molecular complexity index is 1460. The van der Waals surface area contributed by atoms with Crippen molar-refractivity contribution in [2.75, 3.05) is 6.61 Å². The molecule has 1 heterocycles. The lowest BCUT2D eigenvalue weighted by Crippen LogP contribution is -2.63. The fourth-order valence-corrected chi connectivity index (χ4v) is 9.52. The van der Waals surface area contributed by atoms with E-state index in [1.807, 2.05) is 42.5 Å². The number of aliphatic hydroxyl groups excluding tert-OH is 1. The van der Waals surface area contributed by atoms with Crippen LogP contribution in [-0.2, 0) is 19.1 Å². The first-order chi connectivity index (χ1) is 19.7. The van der Waals surface area contributed by atoms with Crippen molar-refractivity contribution in [3.05, 3.63) is 66.3 Å². The number of Topliss-reactive ketones (excluding diaryl/α,β-unsaturated/α-hetero) is 1. The molecule has 3 saturated carbocycles. The van der Waals surface area contributed by atoms with E-state index in [1.165, 1.54) is 0 Å². The van der Waals surface area contributed by atoms with Crippen LogP contribution >= 0.6 is 0 Å². The zero-order valence-corrected chi connectivity index (χ0v) is 24.2. The number of hydrogen-bond acceptors (Lipinski definition) is 6. The first-order valence-corrected chi connectivity index (χ1v) is 15.3. The van der Waals surface area contributed by atoms with Crippen molar-refractivity contribution in [3.8, 4) is 5.75 Å². The molecule has 0 aromatic heterocycles. The minimum absolute atomic E-state index is 0.0174. The number of allylic oxidation sites excluding steroid dienone is 4. The van der Waals surface area contributed by atoms with Crippen LogP contribution < -0.4 is 4.74 Å². The Labute approximate surface area is 241 Å². The second-order valence-electron chi connectivity index (χ2n) is 13.4. The van der Waals surface area contributed by atoms with Crippen LogP contribution in [0.5, 0.6) is 5.75 Å². The number of aliphatic hydroxyl groups is 1. The lowest BCUT2D eigenvalue weighted by Gasteiger charge is -2.59. The predicted octanol–water partition coefficient (Wildman–Crippen LogP) is 5.96. The summed E-state index contributed by atoms with van der Waals surface area (Å²) in [6.07, 6.45) is 8.50. The summed E-state index contributed by atoms with van der Waals surface area (Å²) in [7, 11) is 0. The standard InChI is InChI=1S/C35H40O6/c1-4-7-31-40-30-18-27-26-13-11-23-17-24(36)14-15-33(23,2)32(26)28(37)19-34(27,3)35(30,41-31)29(38)20-39-25-12-10-21-8-5-6-9-22(21)16-25/h5-6,8-10,12,14-17,26-28,30-32,37H,4,7,11,13,18-20H2,1-3H3/t26?,27?,28-,30+,31?,32?,33?,34?,35+/m0/s1. The zero-order chi connectivity index (χ0) is 28.6. The molecule has 0 spiro atoms. The Morgan fingerprint density at radius 3 is 2.76 bits per heavy atom. The van der Waals surface area contributed by atoms with Gasteiger partial charge in [0.05, 0.1) is 12.2 Å². The lowest BCUT2D eigenvalue weighted by molar-refractivity contribution is -0.200. The molecule has 4 aliphatic carbocycles. The molecule has 0 bridgehead atoms. The molecule has 1 aliphatic heterocycles. The summed E-state index contributed by atoms with van der Waals surface area (Å²) >= 11 is 0. The summed E-state index contributed by atoms with van der Waals surface area (Å²) in [5.41, 5.74) is -1.01. The Balaban J connectivity index is 1.21. The van der Waals surface area contributed by atoms with Gasteiger partial charge in [0.1, 0.15) is 12.4 Å². The first-order valence-electron chi connectivity index (χ1n) is 15.3. The highest BCUT2D eigenvalue weighted by atomic mass is 16.7. The molecule has 2 aromatic rings. The van der Waals surface area contributed by atoms with E-state index >= 15 is 0 Å². The lowest BCUT2D eigenvalue weighted by atomic mass is 9.46. The maximum atomic E-state index is 14.4. The average Bonchev–Trinajstić information content (AvgIpc) is 3.44. The van der Waals surface area contributed by atoms with Gasteiger partial charge >= 0.3 is 0 Å². The second kappa shape index (κ2) is 9.62. The van der Waals surface area contributed by atoms with Crippen LogP contribution in [0, 0.1) is 28.6 Å². The van der Waals surface area contributed by atoms with E-state index in [1.54, 1.807) is 12.2 Å². The minimum Gasteiger partial charge on any atom is -0.486 e. The van der Waals surface area contributed by atoms with Gasteiger partial charge in [-0.15, -0.1) is 0 Å². The number of rotatable bonds is 6. The molecule has 2 aromatic carbocycles. The van der Waals surface area contributed by atoms with Crippen LogP contribution in [0.4, 0.5) is 0 Å². The molecule has 0 radical (unpaired) electrons. The molecule has 6 nitrogen and oxygen atoms in total. The van der Waals surface area contributed by atoms with Crippen molar-refractivity contribution in [1.29, 1.82) is 0 Å². The molecular weight excluding hydrogens is 516 g/mol. The number of benzene rings is 2. The van der Waals surface area contributed by atoms with Gasteiger partial charge in [-0.2, -0.15) is 0 Å². The van der Waals surface area contributed by atoms with Gasteiger partial charge in [-0.1, -0.05) is 69.2 Å². The summed E-state index contributed by atoms with van der Waals surface area (Å²) in [5, 5.41) is 14.1. The fourth-order valence-electron chi connectivity index (χ4n) is 9.52. The van der Waals surface area contributed by atoms with Gasteiger partial charge in [0.2, 0.25) is 5.78 Å². The molecule has 4 fully saturated rings. The predicted molar refractivity (Wildman–Crippen MR) is 155 cm³/mol. The first kappa shape index (κ1) is 27.1. The normalized spacial score (nSPS) is 40.9. The highest BCUT2D eigenvalue weighted by Crippen LogP contribution is 2.69. The van der Waals surface area contributed by atoms with Crippen LogP contribution in [0.25, 0.3) is 10.8 Å². The smallest absolute Gasteiger partial charge is 0.205 e. The van der Waals surface area contributed by atoms with Gasteiger partial charge in [0.25, 0.3) is 0 Å². The number of carbonyl (C=O) groups excluding carboxylic acids is 2. The van der Waals surface area contributed by atoms with Crippen molar-refractivity contribution < 1.29 is 28.9 Å². The molecule has 5 aliphatic rings. The maximum Gasteiger partial charge on any atom is 0.205 e. The van der Waals surface area contributed by atoms with E-state index in [0.29, 0.717) is 12.2 Å². The van der Waals surface area contributed by atoms with E-state index in [0.717, 1.165) is 48.4 Å². The Morgan fingerprint density at radius 2 is 1.95 bits per heavy atom. The van der Waals surface area contributed by atoms with Crippen LogP contribution in [0.15, 0.2) is 66.3 Å². The van der Waals surface area contributed by atoms with Crippen LogP contribution in [0.2, 0.25) is 0 Å². The van der Waals surface area contributed by atoms with Crippen LogP contribution in [-0.4, -0.2) is 47.4 Å². The third kappa shape index (κ3) is 3.87. The van der Waals surface area contributed by atoms with Gasteiger partial charge in [-0.25, -0.2) is 0 Å². The van der Waals surface area contributed by atoms with E-state index in [-0.39, 0.29) is 47.4 Å². The van der Waals surface area contributed by atoms with Gasteiger partial charge < -0.3 is 19.3 Å². The van der Waals surface area contributed by atoms with Crippen molar-refractivity contribution in [2.45, 2.75) is 83.4 Å². The molecule has 6 unspecified atom stereocenters. The Kier molecular flexibility index (Phi) is 6.35. The van der Waals surface area contributed by atoms with Crippen molar-refractivity contribution in [2.24, 2.45) is 28.6 Å². The molecule has 6 heteroatoms. The molecule has 0 amide bonds. The number of hydrogen-bond donors (Lipinski definition) is 1.